The van der Waals surface area contributed by atoms with Crippen LogP contribution in [0, 0.1) is 5.92 Å². The molecule has 0 bridgehead atoms. The molecule has 0 aromatic heterocycles. The Balaban J connectivity index is 2.01. The van der Waals surface area contributed by atoms with E-state index in [1.54, 1.807) is 12.1 Å². The van der Waals surface area contributed by atoms with Crippen LogP contribution in [0.5, 0.6) is 5.75 Å². The molecular formula is C20H24O5S. The molecular weight excluding hydrogens is 352 g/mol. The molecule has 140 valence electrons. The largest absolute Gasteiger partial charge is 0.497 e. The molecule has 2 rings (SSSR count). The summed E-state index contributed by atoms with van der Waals surface area (Å²) < 4.78 is 30.3. The summed E-state index contributed by atoms with van der Waals surface area (Å²) in [5, 5.41) is 9.12. The lowest BCUT2D eigenvalue weighted by Crippen LogP contribution is -2.19. The van der Waals surface area contributed by atoms with Crippen molar-refractivity contribution >= 4 is 15.8 Å². The van der Waals surface area contributed by atoms with E-state index in [4.69, 9.17) is 9.84 Å². The molecule has 0 amide bonds. The van der Waals surface area contributed by atoms with E-state index >= 15 is 0 Å². The van der Waals surface area contributed by atoms with Gasteiger partial charge in [0.1, 0.15) is 5.75 Å². The highest BCUT2D eigenvalue weighted by Crippen LogP contribution is 2.22. The highest BCUT2D eigenvalue weighted by atomic mass is 32.2. The molecule has 26 heavy (non-hydrogen) atoms. The van der Waals surface area contributed by atoms with Crippen LogP contribution < -0.4 is 4.74 Å². The minimum absolute atomic E-state index is 0.149. The highest BCUT2D eigenvalue weighted by molar-refractivity contribution is 7.91. The summed E-state index contributed by atoms with van der Waals surface area (Å²) in [7, 11) is -2.03. The fourth-order valence-electron chi connectivity index (χ4n) is 2.92. The maximum atomic E-state index is 12.6. The summed E-state index contributed by atoms with van der Waals surface area (Å²) in [5.74, 6) is -0.975. The molecule has 0 fully saturated rings. The summed E-state index contributed by atoms with van der Waals surface area (Å²) in [6.07, 6.45) is 1.96. The molecule has 0 aliphatic carbocycles. The van der Waals surface area contributed by atoms with Crippen molar-refractivity contribution in [3.05, 3.63) is 60.2 Å². The van der Waals surface area contributed by atoms with E-state index in [1.165, 1.54) is 24.8 Å². The van der Waals surface area contributed by atoms with Crippen LogP contribution in [0.25, 0.3) is 0 Å². The third-order valence-electron chi connectivity index (χ3n) is 4.26. The molecule has 2 aromatic carbocycles. The monoisotopic (exact) mass is 376 g/mol. The number of aliphatic carboxylic acids is 1. The fourth-order valence-corrected chi connectivity index (χ4v) is 4.57. The number of carboxylic acids is 1. The first-order valence-corrected chi connectivity index (χ1v) is 10.2. The lowest BCUT2D eigenvalue weighted by molar-refractivity contribution is -0.137. The van der Waals surface area contributed by atoms with Crippen LogP contribution in [-0.2, 0) is 21.1 Å². The Labute approximate surface area is 154 Å². The number of ether oxygens (including phenoxy) is 1. The highest BCUT2D eigenvalue weighted by Gasteiger charge is 2.23. The van der Waals surface area contributed by atoms with Crippen LogP contribution in [-0.4, -0.2) is 32.4 Å². The smallest absolute Gasteiger partial charge is 0.303 e. The Morgan fingerprint density at radius 3 is 2.31 bits per heavy atom. The van der Waals surface area contributed by atoms with Crippen LogP contribution in [0.4, 0.5) is 0 Å². The van der Waals surface area contributed by atoms with Crippen molar-refractivity contribution in [1.82, 2.24) is 0 Å². The van der Waals surface area contributed by atoms with Gasteiger partial charge in [-0.25, -0.2) is 8.42 Å². The summed E-state index contributed by atoms with van der Waals surface area (Å²) in [5.41, 5.74) is 1.17. The van der Waals surface area contributed by atoms with E-state index < -0.39 is 21.7 Å². The van der Waals surface area contributed by atoms with E-state index in [1.807, 2.05) is 30.3 Å². The van der Waals surface area contributed by atoms with Gasteiger partial charge in [-0.05, 0) is 55.0 Å². The van der Waals surface area contributed by atoms with Gasteiger partial charge in [0.15, 0.2) is 9.84 Å². The number of hydrogen-bond donors (Lipinski definition) is 1. The van der Waals surface area contributed by atoms with Gasteiger partial charge >= 0.3 is 5.97 Å². The first-order valence-electron chi connectivity index (χ1n) is 8.53. The molecule has 0 saturated heterocycles. The summed E-state index contributed by atoms with van der Waals surface area (Å²) in [4.78, 5) is 11.3. The maximum absolute atomic E-state index is 12.6. The summed E-state index contributed by atoms with van der Waals surface area (Å²) in [6, 6.07) is 16.1. The van der Waals surface area contributed by atoms with Gasteiger partial charge in [-0.3, -0.25) is 4.79 Å². The minimum atomic E-state index is -3.54. The van der Waals surface area contributed by atoms with Crippen molar-refractivity contribution in [2.45, 2.75) is 30.6 Å². The number of rotatable bonds is 10. The van der Waals surface area contributed by atoms with Gasteiger partial charge in [-0.1, -0.05) is 30.3 Å². The van der Waals surface area contributed by atoms with E-state index in [0.29, 0.717) is 12.2 Å². The van der Waals surface area contributed by atoms with Gasteiger partial charge in [-0.2, -0.15) is 0 Å². The molecule has 1 unspecified atom stereocenters. The topological polar surface area (TPSA) is 80.7 Å². The minimum Gasteiger partial charge on any atom is -0.497 e. The zero-order valence-corrected chi connectivity index (χ0v) is 15.6. The average molecular weight is 376 g/mol. The Bertz CT molecular complexity index is 798. The molecule has 1 atom stereocenters. The molecule has 0 heterocycles. The number of hydrogen-bond acceptors (Lipinski definition) is 4. The van der Waals surface area contributed by atoms with Gasteiger partial charge in [-0.15, -0.1) is 0 Å². The average Bonchev–Trinajstić information content (AvgIpc) is 2.62. The summed E-state index contributed by atoms with van der Waals surface area (Å²) >= 11 is 0. The third kappa shape index (κ3) is 6.19. The lowest BCUT2D eigenvalue weighted by atomic mass is 9.98. The maximum Gasteiger partial charge on any atom is 0.303 e. The van der Waals surface area contributed by atoms with Crippen LogP contribution >= 0.6 is 0 Å². The number of carboxylic acid groups (broad SMARTS) is 1. The SMILES string of the molecule is COc1ccc(S(=O)(=O)CC(CCCc2ccccc2)CC(=O)O)cc1. The lowest BCUT2D eigenvalue weighted by Gasteiger charge is -2.15. The molecule has 6 heteroatoms. The van der Waals surface area contributed by atoms with Crippen LogP contribution in [0.3, 0.4) is 0 Å². The quantitative estimate of drug-likeness (QED) is 0.685. The first kappa shape index (κ1) is 20.0. The Morgan fingerprint density at radius 1 is 1.08 bits per heavy atom. The standard InChI is InChI=1S/C20H24O5S/c1-25-18-10-12-19(13-11-18)26(23,24)15-17(14-20(21)22)9-5-8-16-6-3-2-4-7-16/h2-4,6-7,10-13,17H,5,8-9,14-15H2,1H3,(H,21,22). The van der Waals surface area contributed by atoms with Crippen molar-refractivity contribution in [3.63, 3.8) is 0 Å². The molecule has 0 aliphatic rings. The van der Waals surface area contributed by atoms with Crippen molar-refractivity contribution < 1.29 is 23.1 Å². The number of sulfone groups is 1. The van der Waals surface area contributed by atoms with E-state index in [9.17, 15) is 13.2 Å². The van der Waals surface area contributed by atoms with Crippen molar-refractivity contribution in [2.75, 3.05) is 12.9 Å². The second-order valence-corrected chi connectivity index (χ2v) is 8.33. The molecule has 0 radical (unpaired) electrons. The molecule has 0 aliphatic heterocycles. The van der Waals surface area contributed by atoms with E-state index in [-0.39, 0.29) is 17.1 Å². The predicted molar refractivity (Wildman–Crippen MR) is 100 cm³/mol. The molecule has 1 N–H and O–H groups in total. The second kappa shape index (κ2) is 9.38. The Kier molecular flexibility index (Phi) is 7.21. The van der Waals surface area contributed by atoms with Gasteiger partial charge in [0.05, 0.1) is 17.8 Å². The molecule has 0 spiro atoms. The first-order chi connectivity index (χ1) is 12.4. The van der Waals surface area contributed by atoms with Gasteiger partial charge in [0.25, 0.3) is 0 Å². The van der Waals surface area contributed by atoms with E-state index in [2.05, 4.69) is 0 Å². The second-order valence-electron chi connectivity index (χ2n) is 6.30. The van der Waals surface area contributed by atoms with Crippen LogP contribution in [0.15, 0.2) is 59.5 Å². The number of aryl methyl sites for hydroxylation is 1. The van der Waals surface area contributed by atoms with Crippen molar-refractivity contribution in [1.29, 1.82) is 0 Å². The van der Waals surface area contributed by atoms with Crippen molar-refractivity contribution in [3.8, 4) is 5.75 Å². The van der Waals surface area contributed by atoms with Gasteiger partial charge in [0, 0.05) is 6.42 Å². The molecule has 2 aromatic rings. The zero-order chi connectivity index (χ0) is 19.0. The predicted octanol–water partition coefficient (Wildman–Crippen LogP) is 3.58. The molecule has 5 nitrogen and oxygen atoms in total. The van der Waals surface area contributed by atoms with Gasteiger partial charge < -0.3 is 9.84 Å². The third-order valence-corrected chi connectivity index (χ3v) is 6.16. The summed E-state index contributed by atoms with van der Waals surface area (Å²) in [6.45, 7) is 0. The van der Waals surface area contributed by atoms with Crippen molar-refractivity contribution in [2.24, 2.45) is 5.92 Å². The number of methoxy groups -OCH3 is 1. The molecule has 0 saturated carbocycles. The Hall–Kier alpha value is -2.34. The van der Waals surface area contributed by atoms with Crippen LogP contribution in [0.1, 0.15) is 24.8 Å². The zero-order valence-electron chi connectivity index (χ0n) is 14.8. The number of carbonyl (C=O) groups is 1. The Morgan fingerprint density at radius 2 is 1.73 bits per heavy atom. The normalized spacial score (nSPS) is 12.5. The van der Waals surface area contributed by atoms with E-state index in [0.717, 1.165) is 12.8 Å². The van der Waals surface area contributed by atoms with Gasteiger partial charge in [0.2, 0.25) is 0 Å². The number of benzene rings is 2. The van der Waals surface area contributed by atoms with Crippen LogP contribution in [0.2, 0.25) is 0 Å². The fraction of sp³-hybridized carbons (Fsp3) is 0.350.